The van der Waals surface area contributed by atoms with Gasteiger partial charge < -0.3 is 4.74 Å². The molecule has 0 heterocycles. The van der Waals surface area contributed by atoms with E-state index in [2.05, 4.69) is 39.0 Å². The first-order chi connectivity index (χ1) is 8.51. The molecule has 1 saturated carbocycles. The van der Waals surface area contributed by atoms with Crippen LogP contribution in [-0.2, 0) is 14.9 Å². The molecule has 2 rings (SSSR count). The maximum absolute atomic E-state index is 12.1. The summed E-state index contributed by atoms with van der Waals surface area (Å²) in [7, 11) is 1.49. The minimum absolute atomic E-state index is 0.0715. The highest BCUT2D eigenvalue weighted by atomic mass is 16.5. The van der Waals surface area contributed by atoms with Crippen molar-refractivity contribution in [1.82, 2.24) is 0 Å². The lowest BCUT2D eigenvalue weighted by Crippen LogP contribution is -2.43. The van der Waals surface area contributed by atoms with Gasteiger partial charge in [-0.1, -0.05) is 38.5 Å². The number of carbonyl (C=O) groups excluding carboxylic acids is 1. The highest BCUT2D eigenvalue weighted by Gasteiger charge is 2.47. The van der Waals surface area contributed by atoms with Gasteiger partial charge in [-0.3, -0.25) is 4.79 Å². The minimum atomic E-state index is -0.371. The third-order valence-corrected chi connectivity index (χ3v) is 4.23. The molecule has 0 radical (unpaired) electrons. The van der Waals surface area contributed by atoms with Crippen molar-refractivity contribution in [2.45, 2.75) is 51.4 Å². The van der Waals surface area contributed by atoms with E-state index in [1.165, 1.54) is 23.8 Å². The first-order valence-corrected chi connectivity index (χ1v) is 6.71. The third kappa shape index (κ3) is 1.94. The van der Waals surface area contributed by atoms with Crippen LogP contribution in [0.5, 0.6) is 0 Å². The molecule has 0 aliphatic heterocycles. The molecule has 1 aliphatic carbocycles. The predicted octanol–water partition coefficient (Wildman–Crippen LogP) is 3.71. The molecular formula is C16H22O2. The Balaban J connectivity index is 2.48. The van der Waals surface area contributed by atoms with Crippen LogP contribution in [0.4, 0.5) is 0 Å². The highest BCUT2D eigenvalue weighted by Crippen LogP contribution is 2.46. The van der Waals surface area contributed by atoms with Gasteiger partial charge in [-0.15, -0.1) is 0 Å². The van der Waals surface area contributed by atoms with Crippen LogP contribution in [-0.4, -0.2) is 13.1 Å². The second-order valence-corrected chi connectivity index (χ2v) is 5.66. The van der Waals surface area contributed by atoms with Gasteiger partial charge in [0.1, 0.15) is 0 Å². The fourth-order valence-corrected chi connectivity index (χ4v) is 2.82. The van der Waals surface area contributed by atoms with Gasteiger partial charge in [0.2, 0.25) is 0 Å². The van der Waals surface area contributed by atoms with E-state index in [4.69, 9.17) is 4.74 Å². The highest BCUT2D eigenvalue weighted by molar-refractivity contribution is 5.85. The third-order valence-electron chi connectivity index (χ3n) is 4.23. The van der Waals surface area contributed by atoms with Gasteiger partial charge in [0.15, 0.2) is 0 Å². The van der Waals surface area contributed by atoms with E-state index in [-0.39, 0.29) is 11.4 Å². The lowest BCUT2D eigenvalue weighted by molar-refractivity contribution is -0.151. The molecule has 0 N–H and O–H groups in total. The van der Waals surface area contributed by atoms with Gasteiger partial charge in [-0.2, -0.15) is 0 Å². The van der Waals surface area contributed by atoms with Crippen LogP contribution in [0.15, 0.2) is 18.2 Å². The predicted molar refractivity (Wildman–Crippen MR) is 72.8 cm³/mol. The smallest absolute Gasteiger partial charge is 0.316 e. The SMILES string of the molecule is COC(=O)C1(c2cc(C(C)C)ccc2C)CCC1. The monoisotopic (exact) mass is 246 g/mol. The zero-order chi connectivity index (χ0) is 13.3. The number of esters is 1. The van der Waals surface area contributed by atoms with Crippen LogP contribution in [0.2, 0.25) is 0 Å². The maximum atomic E-state index is 12.1. The molecule has 0 amide bonds. The Morgan fingerprint density at radius 2 is 2.00 bits per heavy atom. The van der Waals surface area contributed by atoms with Crippen molar-refractivity contribution in [2.75, 3.05) is 7.11 Å². The number of ether oxygens (including phenoxy) is 1. The Morgan fingerprint density at radius 1 is 1.33 bits per heavy atom. The number of methoxy groups -OCH3 is 1. The molecule has 98 valence electrons. The maximum Gasteiger partial charge on any atom is 0.316 e. The van der Waals surface area contributed by atoms with Crippen molar-refractivity contribution in [3.8, 4) is 0 Å². The molecule has 18 heavy (non-hydrogen) atoms. The Morgan fingerprint density at radius 3 is 2.44 bits per heavy atom. The molecule has 0 atom stereocenters. The first kappa shape index (κ1) is 13.1. The summed E-state index contributed by atoms with van der Waals surface area (Å²) in [6.07, 6.45) is 2.95. The van der Waals surface area contributed by atoms with Crippen molar-refractivity contribution in [3.63, 3.8) is 0 Å². The van der Waals surface area contributed by atoms with Gasteiger partial charge in [-0.25, -0.2) is 0 Å². The summed E-state index contributed by atoms with van der Waals surface area (Å²) in [5, 5.41) is 0. The average molecular weight is 246 g/mol. The van der Waals surface area contributed by atoms with Crippen LogP contribution in [0.25, 0.3) is 0 Å². The van der Waals surface area contributed by atoms with Crippen LogP contribution in [0.3, 0.4) is 0 Å². The van der Waals surface area contributed by atoms with Crippen molar-refractivity contribution >= 4 is 5.97 Å². The summed E-state index contributed by atoms with van der Waals surface area (Å²) in [6.45, 7) is 6.45. The van der Waals surface area contributed by atoms with E-state index in [0.717, 1.165) is 19.3 Å². The molecule has 1 aliphatic rings. The molecule has 0 spiro atoms. The zero-order valence-electron chi connectivity index (χ0n) is 11.7. The van der Waals surface area contributed by atoms with Crippen molar-refractivity contribution < 1.29 is 9.53 Å². The summed E-state index contributed by atoms with van der Waals surface area (Å²) in [6, 6.07) is 6.50. The van der Waals surface area contributed by atoms with Gasteiger partial charge in [-0.05, 0) is 42.4 Å². The van der Waals surface area contributed by atoms with Crippen LogP contribution in [0.1, 0.15) is 55.7 Å². The van der Waals surface area contributed by atoms with Gasteiger partial charge in [0.05, 0.1) is 12.5 Å². The Labute approximate surface area is 109 Å². The molecular weight excluding hydrogens is 224 g/mol. The van der Waals surface area contributed by atoms with Crippen LogP contribution < -0.4 is 0 Å². The normalized spacial score (nSPS) is 17.4. The summed E-state index contributed by atoms with van der Waals surface area (Å²) in [4.78, 5) is 12.1. The number of hydrogen-bond acceptors (Lipinski definition) is 2. The fraction of sp³-hybridized carbons (Fsp3) is 0.562. The molecule has 2 heteroatoms. The molecule has 1 aromatic carbocycles. The number of aryl methyl sites for hydroxylation is 1. The van der Waals surface area contributed by atoms with Crippen molar-refractivity contribution in [1.29, 1.82) is 0 Å². The molecule has 0 bridgehead atoms. The molecule has 2 nitrogen and oxygen atoms in total. The van der Waals surface area contributed by atoms with E-state index in [1.54, 1.807) is 0 Å². The topological polar surface area (TPSA) is 26.3 Å². The molecule has 0 saturated heterocycles. The lowest BCUT2D eigenvalue weighted by atomic mass is 9.63. The Hall–Kier alpha value is -1.31. The number of carbonyl (C=O) groups is 1. The largest absolute Gasteiger partial charge is 0.468 e. The van der Waals surface area contributed by atoms with E-state index < -0.39 is 0 Å². The van der Waals surface area contributed by atoms with Gasteiger partial charge >= 0.3 is 5.97 Å². The quantitative estimate of drug-likeness (QED) is 0.760. The van der Waals surface area contributed by atoms with E-state index in [0.29, 0.717) is 5.92 Å². The summed E-state index contributed by atoms with van der Waals surface area (Å²) in [5.74, 6) is 0.414. The molecule has 0 unspecified atom stereocenters. The molecule has 1 fully saturated rings. The molecule has 1 aromatic rings. The minimum Gasteiger partial charge on any atom is -0.468 e. The zero-order valence-corrected chi connectivity index (χ0v) is 11.7. The van der Waals surface area contributed by atoms with Gasteiger partial charge in [0, 0.05) is 0 Å². The fourth-order valence-electron chi connectivity index (χ4n) is 2.82. The second-order valence-electron chi connectivity index (χ2n) is 5.66. The van der Waals surface area contributed by atoms with Crippen molar-refractivity contribution in [2.24, 2.45) is 0 Å². The van der Waals surface area contributed by atoms with E-state index >= 15 is 0 Å². The number of benzene rings is 1. The second kappa shape index (κ2) is 4.75. The lowest BCUT2D eigenvalue weighted by Gasteiger charge is -2.40. The summed E-state index contributed by atoms with van der Waals surface area (Å²) < 4.78 is 5.03. The number of rotatable bonds is 3. The Kier molecular flexibility index (Phi) is 3.47. The van der Waals surface area contributed by atoms with Crippen LogP contribution in [0, 0.1) is 6.92 Å². The van der Waals surface area contributed by atoms with Gasteiger partial charge in [0.25, 0.3) is 0 Å². The van der Waals surface area contributed by atoms with E-state index in [1.807, 2.05) is 0 Å². The average Bonchev–Trinajstić information content (AvgIpc) is 2.29. The summed E-state index contributed by atoms with van der Waals surface area (Å²) in [5.41, 5.74) is 3.30. The van der Waals surface area contributed by atoms with Crippen LogP contribution >= 0.6 is 0 Å². The Bertz CT molecular complexity index is 456. The van der Waals surface area contributed by atoms with E-state index in [9.17, 15) is 4.79 Å². The molecule has 0 aromatic heterocycles. The standard InChI is InChI=1S/C16H22O2/c1-11(2)13-7-6-12(3)14(10-13)16(8-5-9-16)15(17)18-4/h6-7,10-11H,5,8-9H2,1-4H3. The number of hydrogen-bond donors (Lipinski definition) is 0. The summed E-state index contributed by atoms with van der Waals surface area (Å²) >= 11 is 0. The first-order valence-electron chi connectivity index (χ1n) is 6.71. The van der Waals surface area contributed by atoms with Crippen molar-refractivity contribution in [3.05, 3.63) is 34.9 Å².